The number of carbonyl (C=O) groups is 2. The van der Waals surface area contributed by atoms with Crippen molar-refractivity contribution in [2.75, 3.05) is 0 Å². The number of hydrogen-bond donors (Lipinski definition) is 1. The van der Waals surface area contributed by atoms with Crippen LogP contribution in [0.25, 0.3) is 0 Å². The molecule has 0 radical (unpaired) electrons. The second-order valence-electron chi connectivity index (χ2n) is 7.07. The summed E-state index contributed by atoms with van der Waals surface area (Å²) in [6.45, 7) is 1.87. The summed E-state index contributed by atoms with van der Waals surface area (Å²) in [6.07, 6.45) is 4.04. The minimum Gasteiger partial charge on any atom is -0.388 e. The summed E-state index contributed by atoms with van der Waals surface area (Å²) in [6, 6.07) is 9.89. The van der Waals surface area contributed by atoms with Crippen molar-refractivity contribution in [3.8, 4) is 0 Å². The van der Waals surface area contributed by atoms with Crippen LogP contribution < -0.4 is 0 Å². The number of carbonyl (C=O) groups excluding carboxylic acids is 2. The minimum absolute atomic E-state index is 0.0389. The number of thioether (sulfide) groups is 1. The molecule has 2 aliphatic carbocycles. The van der Waals surface area contributed by atoms with E-state index in [1.54, 1.807) is 0 Å². The third kappa shape index (κ3) is 2.87. The van der Waals surface area contributed by atoms with Gasteiger partial charge in [-0.3, -0.25) is 9.59 Å². The van der Waals surface area contributed by atoms with Crippen molar-refractivity contribution in [3.05, 3.63) is 35.9 Å². The number of aliphatic hydroxyl groups is 1. The van der Waals surface area contributed by atoms with E-state index in [9.17, 15) is 14.7 Å². The molecule has 1 aromatic rings. The van der Waals surface area contributed by atoms with Gasteiger partial charge in [-0.05, 0) is 38.2 Å². The number of rotatable bonds is 3. The van der Waals surface area contributed by atoms with E-state index >= 15 is 0 Å². The maximum Gasteiger partial charge on any atom is 0.195 e. The Hall–Kier alpha value is -1.13. The van der Waals surface area contributed by atoms with Gasteiger partial charge < -0.3 is 5.11 Å². The molecule has 124 valence electrons. The van der Waals surface area contributed by atoms with Crippen molar-refractivity contribution in [3.63, 3.8) is 0 Å². The molecule has 0 amide bonds. The summed E-state index contributed by atoms with van der Waals surface area (Å²) >= 11 is 1.28. The van der Waals surface area contributed by atoms with Crippen LogP contribution in [0.5, 0.6) is 0 Å². The fourth-order valence-electron chi connectivity index (χ4n) is 4.27. The van der Waals surface area contributed by atoms with Crippen LogP contribution in [0, 0.1) is 11.3 Å². The van der Waals surface area contributed by atoms with E-state index in [4.69, 9.17) is 0 Å². The third-order valence-corrected chi connectivity index (χ3v) is 6.83. The molecule has 0 aromatic heterocycles. The quantitative estimate of drug-likeness (QED) is 0.916. The first-order chi connectivity index (χ1) is 11.0. The molecule has 0 saturated heterocycles. The Bertz CT molecular complexity index is 600. The molecule has 2 aliphatic rings. The molecule has 3 nitrogen and oxygen atoms in total. The molecule has 1 aromatic carbocycles. The molecule has 0 spiro atoms. The molecule has 23 heavy (non-hydrogen) atoms. The average Bonchev–Trinajstić information content (AvgIpc) is 2.55. The molecular weight excluding hydrogens is 308 g/mol. The Morgan fingerprint density at radius 3 is 2.74 bits per heavy atom. The zero-order valence-electron chi connectivity index (χ0n) is 13.6. The Balaban J connectivity index is 1.75. The van der Waals surface area contributed by atoms with Gasteiger partial charge in [0.1, 0.15) is 5.78 Å². The largest absolute Gasteiger partial charge is 0.388 e. The maximum absolute atomic E-state index is 12.8. The standard InChI is InChI=1S/C19H24O3S/c1-18-11-5-9-15(19(18,22)12-6-10-16(18)20)17(21)23-13-14-7-3-2-4-8-14/h2-4,7-8,15,22H,5-6,9-13H2,1H3/t15-,18-,19+/m0/s1. The first-order valence-corrected chi connectivity index (χ1v) is 9.42. The van der Waals surface area contributed by atoms with Gasteiger partial charge in [-0.2, -0.15) is 0 Å². The highest BCUT2D eigenvalue weighted by atomic mass is 32.2. The Labute approximate surface area is 141 Å². The van der Waals surface area contributed by atoms with Gasteiger partial charge >= 0.3 is 0 Å². The first-order valence-electron chi connectivity index (χ1n) is 8.44. The minimum atomic E-state index is -1.15. The van der Waals surface area contributed by atoms with Gasteiger partial charge in [0.25, 0.3) is 0 Å². The molecule has 2 saturated carbocycles. The molecule has 3 atom stereocenters. The van der Waals surface area contributed by atoms with Crippen LogP contribution in [0.15, 0.2) is 30.3 Å². The number of hydrogen-bond acceptors (Lipinski definition) is 4. The van der Waals surface area contributed by atoms with Crippen LogP contribution in [0.1, 0.15) is 51.0 Å². The lowest BCUT2D eigenvalue weighted by Crippen LogP contribution is -2.61. The molecule has 0 bridgehead atoms. The number of ketones is 1. The lowest BCUT2D eigenvalue weighted by molar-refractivity contribution is -0.180. The number of benzene rings is 1. The van der Waals surface area contributed by atoms with Gasteiger partial charge in [0.2, 0.25) is 0 Å². The zero-order chi connectivity index (χ0) is 16.5. The predicted molar refractivity (Wildman–Crippen MR) is 92.0 cm³/mol. The average molecular weight is 332 g/mol. The SMILES string of the molecule is C[C@@]12CCC[C@@H](C(=O)SCc3ccccc3)[C@]1(O)CCCC2=O. The number of Topliss-reactive ketones (excluding diaryl/α,β-unsaturated/α-hetero) is 1. The zero-order valence-corrected chi connectivity index (χ0v) is 14.4. The van der Waals surface area contributed by atoms with Gasteiger partial charge in [-0.25, -0.2) is 0 Å². The highest BCUT2D eigenvalue weighted by molar-refractivity contribution is 8.13. The molecule has 2 fully saturated rings. The van der Waals surface area contributed by atoms with Crippen LogP contribution >= 0.6 is 11.8 Å². The lowest BCUT2D eigenvalue weighted by atomic mass is 9.53. The fraction of sp³-hybridized carbons (Fsp3) is 0.579. The second kappa shape index (κ2) is 6.40. The van der Waals surface area contributed by atoms with Gasteiger partial charge in [0.15, 0.2) is 5.12 Å². The second-order valence-corrected chi connectivity index (χ2v) is 8.05. The summed E-state index contributed by atoms with van der Waals surface area (Å²) in [7, 11) is 0. The molecule has 3 rings (SSSR count). The van der Waals surface area contributed by atoms with Crippen LogP contribution in [0.2, 0.25) is 0 Å². The van der Waals surface area contributed by atoms with Gasteiger partial charge in [-0.15, -0.1) is 0 Å². The summed E-state index contributed by atoms with van der Waals surface area (Å²) in [4.78, 5) is 25.2. The summed E-state index contributed by atoms with van der Waals surface area (Å²) in [5, 5.41) is 11.3. The van der Waals surface area contributed by atoms with Crippen molar-refractivity contribution in [1.29, 1.82) is 0 Å². The van der Waals surface area contributed by atoms with Crippen molar-refractivity contribution in [1.82, 2.24) is 0 Å². The maximum atomic E-state index is 12.8. The van der Waals surface area contributed by atoms with E-state index < -0.39 is 16.9 Å². The van der Waals surface area contributed by atoms with Crippen LogP contribution in [0.3, 0.4) is 0 Å². The molecule has 4 heteroatoms. The molecule has 1 N–H and O–H groups in total. The first kappa shape index (κ1) is 16.7. The van der Waals surface area contributed by atoms with Crippen LogP contribution in [-0.4, -0.2) is 21.6 Å². The van der Waals surface area contributed by atoms with E-state index in [1.165, 1.54) is 11.8 Å². The Morgan fingerprint density at radius 1 is 1.26 bits per heavy atom. The van der Waals surface area contributed by atoms with Gasteiger partial charge in [0.05, 0.1) is 16.9 Å². The van der Waals surface area contributed by atoms with E-state index in [2.05, 4.69) is 0 Å². The topological polar surface area (TPSA) is 54.4 Å². The smallest absolute Gasteiger partial charge is 0.195 e. The molecule has 0 unspecified atom stereocenters. The highest BCUT2D eigenvalue weighted by Gasteiger charge is 2.60. The molecule has 0 heterocycles. The van der Waals surface area contributed by atoms with Gasteiger partial charge in [0, 0.05) is 12.2 Å². The summed E-state index contributed by atoms with van der Waals surface area (Å²) in [5.41, 5.74) is -0.783. The van der Waals surface area contributed by atoms with E-state index in [-0.39, 0.29) is 10.9 Å². The van der Waals surface area contributed by atoms with Crippen molar-refractivity contribution < 1.29 is 14.7 Å². The van der Waals surface area contributed by atoms with Crippen LogP contribution in [-0.2, 0) is 15.3 Å². The number of fused-ring (bicyclic) bond motifs is 1. The van der Waals surface area contributed by atoms with Crippen molar-refractivity contribution >= 4 is 22.7 Å². The normalized spacial score (nSPS) is 34.0. The summed E-state index contributed by atoms with van der Waals surface area (Å²) in [5.74, 6) is 0.340. The molecular formula is C19H24O3S. The summed E-state index contributed by atoms with van der Waals surface area (Å²) < 4.78 is 0. The Kier molecular flexibility index (Phi) is 4.65. The fourth-order valence-corrected chi connectivity index (χ4v) is 5.28. The predicted octanol–water partition coefficient (Wildman–Crippen LogP) is 3.74. The lowest BCUT2D eigenvalue weighted by Gasteiger charge is -2.53. The van der Waals surface area contributed by atoms with E-state index in [0.717, 1.165) is 12.0 Å². The van der Waals surface area contributed by atoms with Crippen molar-refractivity contribution in [2.24, 2.45) is 11.3 Å². The Morgan fingerprint density at radius 2 is 2.00 bits per heavy atom. The third-order valence-electron chi connectivity index (χ3n) is 5.79. The molecule has 0 aliphatic heterocycles. The van der Waals surface area contributed by atoms with Crippen LogP contribution in [0.4, 0.5) is 0 Å². The highest BCUT2D eigenvalue weighted by Crippen LogP contribution is 2.54. The van der Waals surface area contributed by atoms with E-state index in [1.807, 2.05) is 37.3 Å². The van der Waals surface area contributed by atoms with Crippen molar-refractivity contribution in [2.45, 2.75) is 56.8 Å². The monoisotopic (exact) mass is 332 g/mol. The van der Waals surface area contributed by atoms with Gasteiger partial charge in [-0.1, -0.05) is 48.5 Å². The van der Waals surface area contributed by atoms with E-state index in [0.29, 0.717) is 37.9 Å².